The normalized spacial score (nSPS) is 11.5. The predicted molar refractivity (Wildman–Crippen MR) is 151 cm³/mol. The molecule has 0 spiro atoms. The quantitative estimate of drug-likeness (QED) is 0.0567. The van der Waals surface area contributed by atoms with Gasteiger partial charge in [-0.1, -0.05) is 109 Å². The lowest BCUT2D eigenvalue weighted by molar-refractivity contribution is -0.138. The summed E-state index contributed by atoms with van der Waals surface area (Å²) in [6, 6.07) is 7.42. The van der Waals surface area contributed by atoms with E-state index in [2.05, 4.69) is 17.1 Å². The minimum absolute atomic E-state index is 0.0363. The summed E-state index contributed by atoms with van der Waals surface area (Å²) < 4.78 is 5.03. The molecule has 37 heavy (non-hydrogen) atoms. The van der Waals surface area contributed by atoms with E-state index in [1.54, 1.807) is 0 Å². The van der Waals surface area contributed by atoms with E-state index in [-0.39, 0.29) is 18.3 Å². The highest BCUT2D eigenvalue weighted by molar-refractivity contribution is 5.91. The summed E-state index contributed by atoms with van der Waals surface area (Å²) in [4.78, 5) is 26.9. The SMILES string of the molecule is [C-]#[N+]C(C(=O)OCCc1ccc(NC(=O)CCCCCCCCCCCCCCCCC)cc1)=C(C)O. The van der Waals surface area contributed by atoms with Gasteiger partial charge in [0, 0.05) is 18.5 Å². The maximum Gasteiger partial charge on any atom is 0.339 e. The molecule has 0 aliphatic heterocycles. The topological polar surface area (TPSA) is 80.0 Å². The number of nitrogens with one attached hydrogen (secondary N) is 1. The number of esters is 1. The van der Waals surface area contributed by atoms with Gasteiger partial charge < -0.3 is 15.2 Å². The number of carbonyl (C=O) groups excluding carboxylic acids is 2. The van der Waals surface area contributed by atoms with Crippen molar-refractivity contribution in [2.24, 2.45) is 0 Å². The Labute approximate surface area is 224 Å². The van der Waals surface area contributed by atoms with Crippen LogP contribution in [0, 0.1) is 6.57 Å². The average Bonchev–Trinajstić information content (AvgIpc) is 2.87. The third-order valence-electron chi connectivity index (χ3n) is 6.52. The number of carbonyl (C=O) groups is 2. The van der Waals surface area contributed by atoms with E-state index in [1.807, 2.05) is 24.3 Å². The van der Waals surface area contributed by atoms with Gasteiger partial charge in [0.1, 0.15) is 5.76 Å². The fraction of sp³-hybridized carbons (Fsp3) is 0.645. The number of nitrogens with zero attached hydrogens (tertiary/aromatic N) is 1. The molecule has 0 aliphatic rings. The molecule has 0 atom stereocenters. The average molecular weight is 513 g/mol. The highest BCUT2D eigenvalue weighted by Crippen LogP contribution is 2.15. The summed E-state index contributed by atoms with van der Waals surface area (Å²) >= 11 is 0. The summed E-state index contributed by atoms with van der Waals surface area (Å²) in [6.45, 7) is 10.6. The first-order chi connectivity index (χ1) is 18.0. The zero-order chi connectivity index (χ0) is 27.1. The van der Waals surface area contributed by atoms with E-state index in [9.17, 15) is 14.7 Å². The van der Waals surface area contributed by atoms with Crippen LogP contribution in [0.4, 0.5) is 5.69 Å². The van der Waals surface area contributed by atoms with Crippen molar-refractivity contribution < 1.29 is 19.4 Å². The number of aliphatic hydroxyl groups is 1. The molecule has 0 heterocycles. The molecule has 1 aromatic carbocycles. The summed E-state index contributed by atoms with van der Waals surface area (Å²) in [5.41, 5.74) is 1.30. The van der Waals surface area contributed by atoms with E-state index >= 15 is 0 Å². The van der Waals surface area contributed by atoms with Crippen LogP contribution in [-0.4, -0.2) is 23.6 Å². The van der Waals surface area contributed by atoms with Crippen molar-refractivity contribution in [3.05, 3.63) is 52.7 Å². The highest BCUT2D eigenvalue weighted by atomic mass is 16.5. The van der Waals surface area contributed by atoms with Crippen LogP contribution in [0.2, 0.25) is 0 Å². The second-order valence-electron chi connectivity index (χ2n) is 9.88. The smallest absolute Gasteiger partial charge is 0.339 e. The summed E-state index contributed by atoms with van der Waals surface area (Å²) in [5.74, 6) is -1.13. The number of anilines is 1. The maximum atomic E-state index is 12.2. The summed E-state index contributed by atoms with van der Waals surface area (Å²) in [6.07, 6.45) is 20.7. The fourth-order valence-electron chi connectivity index (χ4n) is 4.24. The minimum Gasteiger partial charge on any atom is -0.523 e. The van der Waals surface area contributed by atoms with Crippen molar-refractivity contribution in [1.29, 1.82) is 0 Å². The molecule has 0 saturated heterocycles. The Morgan fingerprint density at radius 3 is 1.78 bits per heavy atom. The number of hydrogen-bond acceptors (Lipinski definition) is 4. The molecule has 0 saturated carbocycles. The molecule has 6 nitrogen and oxygen atoms in total. The Balaban J connectivity index is 2.03. The number of aliphatic hydroxyl groups excluding tert-OH is 1. The van der Waals surface area contributed by atoms with E-state index in [0.717, 1.165) is 24.1 Å². The zero-order valence-electron chi connectivity index (χ0n) is 23.2. The number of allylic oxidation sites excluding steroid dienone is 1. The van der Waals surface area contributed by atoms with Crippen molar-refractivity contribution in [2.75, 3.05) is 11.9 Å². The molecular weight excluding hydrogens is 464 g/mol. The maximum absolute atomic E-state index is 12.2. The zero-order valence-corrected chi connectivity index (χ0v) is 23.2. The predicted octanol–water partition coefficient (Wildman–Crippen LogP) is 8.68. The van der Waals surface area contributed by atoms with Gasteiger partial charge in [-0.15, -0.1) is 0 Å². The van der Waals surface area contributed by atoms with Crippen molar-refractivity contribution >= 4 is 17.6 Å². The molecule has 0 radical (unpaired) electrons. The molecule has 1 amide bonds. The van der Waals surface area contributed by atoms with Gasteiger partial charge in [0.2, 0.25) is 5.91 Å². The van der Waals surface area contributed by atoms with E-state index in [0.29, 0.717) is 12.8 Å². The first-order valence-electron chi connectivity index (χ1n) is 14.3. The van der Waals surface area contributed by atoms with Crippen LogP contribution in [-0.2, 0) is 20.7 Å². The largest absolute Gasteiger partial charge is 0.523 e. The van der Waals surface area contributed by atoms with Gasteiger partial charge in [-0.2, -0.15) is 0 Å². The van der Waals surface area contributed by atoms with Crippen LogP contribution < -0.4 is 5.32 Å². The van der Waals surface area contributed by atoms with Gasteiger partial charge in [-0.05, 0) is 31.0 Å². The summed E-state index contributed by atoms with van der Waals surface area (Å²) in [7, 11) is 0. The lowest BCUT2D eigenvalue weighted by Crippen LogP contribution is -2.11. The standard InChI is InChI=1S/C31H48N2O4/c1-4-5-6-7-8-9-10-11-12-13-14-15-16-17-18-19-29(35)33-28-22-20-27(21-23-28)24-25-37-31(36)30(32-3)26(2)34/h20-23,34H,4-19,24-25H2,1-2H3,(H,33,35). The highest BCUT2D eigenvalue weighted by Gasteiger charge is 2.14. The van der Waals surface area contributed by atoms with Crippen molar-refractivity contribution in [3.8, 4) is 0 Å². The Morgan fingerprint density at radius 1 is 0.838 bits per heavy atom. The molecule has 2 N–H and O–H groups in total. The summed E-state index contributed by atoms with van der Waals surface area (Å²) in [5, 5.41) is 12.2. The molecule has 0 bridgehead atoms. The van der Waals surface area contributed by atoms with Gasteiger partial charge in [-0.25, -0.2) is 4.85 Å². The Bertz CT molecular complexity index is 836. The second kappa shape index (κ2) is 21.3. The number of benzene rings is 1. The van der Waals surface area contributed by atoms with Crippen LogP contribution in [0.25, 0.3) is 4.85 Å². The number of hydrogen-bond donors (Lipinski definition) is 2. The monoisotopic (exact) mass is 512 g/mol. The van der Waals surface area contributed by atoms with Crippen molar-refractivity contribution in [1.82, 2.24) is 0 Å². The van der Waals surface area contributed by atoms with Gasteiger partial charge >= 0.3 is 11.7 Å². The third-order valence-corrected chi connectivity index (χ3v) is 6.52. The molecule has 0 fully saturated rings. The van der Waals surface area contributed by atoms with Gasteiger partial charge in [0.15, 0.2) is 0 Å². The number of ether oxygens (including phenoxy) is 1. The third kappa shape index (κ3) is 16.5. The Hall–Kier alpha value is -2.81. The van der Waals surface area contributed by atoms with E-state index in [1.165, 1.54) is 90.4 Å². The number of amides is 1. The van der Waals surface area contributed by atoms with E-state index in [4.69, 9.17) is 11.3 Å². The molecule has 0 aromatic heterocycles. The van der Waals surface area contributed by atoms with Crippen molar-refractivity contribution in [2.45, 2.75) is 123 Å². The lowest BCUT2D eigenvalue weighted by Gasteiger charge is -2.08. The first kappa shape index (κ1) is 32.2. The molecule has 0 aliphatic carbocycles. The van der Waals surface area contributed by atoms with Crippen LogP contribution in [0.1, 0.15) is 122 Å². The molecule has 206 valence electrons. The Kier molecular flexibility index (Phi) is 18.5. The fourth-order valence-corrected chi connectivity index (χ4v) is 4.24. The van der Waals surface area contributed by atoms with Gasteiger partial charge in [-0.3, -0.25) is 9.59 Å². The Morgan fingerprint density at radius 2 is 1.32 bits per heavy atom. The van der Waals surface area contributed by atoms with Crippen molar-refractivity contribution in [3.63, 3.8) is 0 Å². The van der Waals surface area contributed by atoms with Crippen LogP contribution in [0.3, 0.4) is 0 Å². The second-order valence-corrected chi connectivity index (χ2v) is 9.88. The molecule has 6 heteroatoms. The lowest BCUT2D eigenvalue weighted by atomic mass is 10.0. The van der Waals surface area contributed by atoms with Gasteiger partial charge in [0.05, 0.1) is 13.2 Å². The molecular formula is C31H48N2O4. The minimum atomic E-state index is -0.822. The first-order valence-corrected chi connectivity index (χ1v) is 14.3. The molecule has 1 rings (SSSR count). The van der Waals surface area contributed by atoms with Gasteiger partial charge in [0.25, 0.3) is 0 Å². The molecule has 0 unspecified atom stereocenters. The van der Waals surface area contributed by atoms with Crippen LogP contribution >= 0.6 is 0 Å². The number of rotatable bonds is 21. The molecule has 1 aromatic rings. The number of unbranched alkanes of at least 4 members (excludes halogenated alkanes) is 14. The van der Waals surface area contributed by atoms with E-state index < -0.39 is 11.7 Å². The van der Waals surface area contributed by atoms with Crippen LogP contribution in [0.5, 0.6) is 0 Å². The van der Waals surface area contributed by atoms with Crippen LogP contribution in [0.15, 0.2) is 35.7 Å².